The van der Waals surface area contributed by atoms with Gasteiger partial charge in [-0.25, -0.2) is 9.37 Å². The number of imidazole rings is 1. The van der Waals surface area contributed by atoms with Gasteiger partial charge in [-0.15, -0.1) is 0 Å². The van der Waals surface area contributed by atoms with Crippen LogP contribution in [-0.2, 0) is 17.9 Å². The van der Waals surface area contributed by atoms with E-state index in [1.807, 2.05) is 19.3 Å². The summed E-state index contributed by atoms with van der Waals surface area (Å²) in [5.74, 6) is 1.46. The Labute approximate surface area is 147 Å². The third kappa shape index (κ3) is 5.13. The van der Waals surface area contributed by atoms with Gasteiger partial charge in [-0.2, -0.15) is 0 Å². The molecular weight excluding hydrogens is 319 g/mol. The number of rotatable bonds is 6. The molecule has 25 heavy (non-hydrogen) atoms. The van der Waals surface area contributed by atoms with Gasteiger partial charge in [0, 0.05) is 25.5 Å². The highest BCUT2D eigenvalue weighted by atomic mass is 19.1. The standard InChI is InChI=1S/C19H25FN4O/c1-15-21-8-11-24(15)13-17-6-9-23(10-7-17)14-19(25)22-12-16-2-4-18(20)5-3-16/h2-5,8,11,17H,6-7,9-10,12-14H2,1H3,(H,22,25). The summed E-state index contributed by atoms with van der Waals surface area (Å²) in [6, 6.07) is 6.21. The Bertz CT molecular complexity index is 690. The van der Waals surface area contributed by atoms with E-state index in [1.165, 1.54) is 12.1 Å². The molecule has 2 heterocycles. The van der Waals surface area contributed by atoms with Crippen molar-refractivity contribution in [3.05, 3.63) is 53.9 Å². The van der Waals surface area contributed by atoms with Crippen LogP contribution >= 0.6 is 0 Å². The van der Waals surface area contributed by atoms with Gasteiger partial charge in [-0.05, 0) is 56.5 Å². The highest BCUT2D eigenvalue weighted by Gasteiger charge is 2.21. The molecule has 0 unspecified atom stereocenters. The summed E-state index contributed by atoms with van der Waals surface area (Å²) in [4.78, 5) is 18.6. The second-order valence-electron chi connectivity index (χ2n) is 6.75. The molecule has 0 radical (unpaired) electrons. The Morgan fingerprint density at radius 1 is 1.28 bits per heavy atom. The molecule has 3 rings (SSSR count). The van der Waals surface area contributed by atoms with Gasteiger partial charge in [0.2, 0.25) is 5.91 Å². The Hall–Kier alpha value is -2.21. The number of hydrogen-bond donors (Lipinski definition) is 1. The lowest BCUT2D eigenvalue weighted by molar-refractivity contribution is -0.122. The van der Waals surface area contributed by atoms with Crippen molar-refractivity contribution in [3.8, 4) is 0 Å². The molecule has 0 aliphatic carbocycles. The molecule has 2 aromatic rings. The van der Waals surface area contributed by atoms with Crippen LogP contribution in [0.15, 0.2) is 36.7 Å². The maximum absolute atomic E-state index is 12.9. The maximum atomic E-state index is 12.9. The van der Waals surface area contributed by atoms with Gasteiger partial charge in [0.1, 0.15) is 11.6 Å². The number of aryl methyl sites for hydroxylation is 1. The highest BCUT2D eigenvalue weighted by Crippen LogP contribution is 2.19. The van der Waals surface area contributed by atoms with E-state index in [-0.39, 0.29) is 11.7 Å². The van der Waals surface area contributed by atoms with Crippen LogP contribution in [0.4, 0.5) is 4.39 Å². The first-order chi connectivity index (χ1) is 12.1. The molecular formula is C19H25FN4O. The van der Waals surface area contributed by atoms with Crippen LogP contribution in [0.1, 0.15) is 24.2 Å². The average molecular weight is 344 g/mol. The lowest BCUT2D eigenvalue weighted by Gasteiger charge is -2.31. The van der Waals surface area contributed by atoms with Crippen molar-refractivity contribution < 1.29 is 9.18 Å². The van der Waals surface area contributed by atoms with E-state index in [4.69, 9.17) is 0 Å². The number of carbonyl (C=O) groups excluding carboxylic acids is 1. The lowest BCUT2D eigenvalue weighted by Crippen LogP contribution is -2.41. The number of amides is 1. The number of aromatic nitrogens is 2. The van der Waals surface area contributed by atoms with Crippen LogP contribution in [0.25, 0.3) is 0 Å². The third-order valence-electron chi connectivity index (χ3n) is 4.86. The highest BCUT2D eigenvalue weighted by molar-refractivity contribution is 5.78. The van der Waals surface area contributed by atoms with Crippen LogP contribution in [-0.4, -0.2) is 40.0 Å². The van der Waals surface area contributed by atoms with Gasteiger partial charge in [-0.3, -0.25) is 9.69 Å². The smallest absolute Gasteiger partial charge is 0.234 e. The number of nitrogens with zero attached hydrogens (tertiary/aromatic N) is 3. The molecule has 1 aromatic heterocycles. The predicted octanol–water partition coefficient (Wildman–Crippen LogP) is 2.36. The first-order valence-corrected chi connectivity index (χ1v) is 8.81. The molecule has 0 saturated carbocycles. The van der Waals surface area contributed by atoms with E-state index in [9.17, 15) is 9.18 Å². The molecule has 134 valence electrons. The van der Waals surface area contributed by atoms with Crippen molar-refractivity contribution in [2.45, 2.75) is 32.9 Å². The minimum atomic E-state index is -0.260. The largest absolute Gasteiger partial charge is 0.351 e. The van der Waals surface area contributed by atoms with Gasteiger partial charge in [0.15, 0.2) is 0 Å². The molecule has 1 aliphatic rings. The van der Waals surface area contributed by atoms with Crippen molar-refractivity contribution in [1.29, 1.82) is 0 Å². The van der Waals surface area contributed by atoms with Crippen molar-refractivity contribution in [3.63, 3.8) is 0 Å². The summed E-state index contributed by atoms with van der Waals surface area (Å²) >= 11 is 0. The molecule has 1 fully saturated rings. The Kier molecular flexibility index (Phi) is 5.81. The molecule has 0 bridgehead atoms. The SMILES string of the molecule is Cc1nccn1CC1CCN(CC(=O)NCc2ccc(F)cc2)CC1. The molecule has 1 amide bonds. The van der Waals surface area contributed by atoms with E-state index in [0.717, 1.165) is 43.9 Å². The fourth-order valence-corrected chi connectivity index (χ4v) is 3.26. The Morgan fingerprint density at radius 2 is 2.00 bits per heavy atom. The Balaban J connectivity index is 1.37. The second-order valence-corrected chi connectivity index (χ2v) is 6.75. The topological polar surface area (TPSA) is 50.2 Å². The first kappa shape index (κ1) is 17.6. The summed E-state index contributed by atoms with van der Waals surface area (Å²) in [5.41, 5.74) is 0.907. The van der Waals surface area contributed by atoms with E-state index in [1.54, 1.807) is 12.1 Å². The van der Waals surface area contributed by atoms with Gasteiger partial charge in [0.05, 0.1) is 6.54 Å². The zero-order valence-electron chi connectivity index (χ0n) is 14.6. The fraction of sp³-hybridized carbons (Fsp3) is 0.474. The zero-order chi connectivity index (χ0) is 17.6. The monoisotopic (exact) mass is 344 g/mol. The molecule has 0 spiro atoms. The Morgan fingerprint density at radius 3 is 2.64 bits per heavy atom. The van der Waals surface area contributed by atoms with Crippen LogP contribution in [0.2, 0.25) is 0 Å². The number of hydrogen-bond acceptors (Lipinski definition) is 3. The summed E-state index contributed by atoms with van der Waals surface area (Å²) in [7, 11) is 0. The van der Waals surface area contributed by atoms with Crippen LogP contribution in [0, 0.1) is 18.7 Å². The number of benzene rings is 1. The second kappa shape index (κ2) is 8.25. The van der Waals surface area contributed by atoms with Gasteiger partial charge in [-0.1, -0.05) is 12.1 Å². The van der Waals surface area contributed by atoms with Crippen LogP contribution in [0.5, 0.6) is 0 Å². The van der Waals surface area contributed by atoms with Gasteiger partial charge in [0.25, 0.3) is 0 Å². The average Bonchev–Trinajstić information content (AvgIpc) is 3.01. The van der Waals surface area contributed by atoms with Crippen molar-refractivity contribution >= 4 is 5.91 Å². The third-order valence-corrected chi connectivity index (χ3v) is 4.86. The zero-order valence-corrected chi connectivity index (χ0v) is 14.6. The van der Waals surface area contributed by atoms with Gasteiger partial charge < -0.3 is 9.88 Å². The number of piperidine rings is 1. The van der Waals surface area contributed by atoms with E-state index < -0.39 is 0 Å². The quantitative estimate of drug-likeness (QED) is 0.875. The van der Waals surface area contributed by atoms with Crippen molar-refractivity contribution in [2.75, 3.05) is 19.6 Å². The van der Waals surface area contributed by atoms with Crippen LogP contribution in [0.3, 0.4) is 0 Å². The summed E-state index contributed by atoms with van der Waals surface area (Å²) in [6.45, 7) is 5.80. The van der Waals surface area contributed by atoms with E-state index >= 15 is 0 Å². The minimum absolute atomic E-state index is 0.0215. The first-order valence-electron chi connectivity index (χ1n) is 8.81. The predicted molar refractivity (Wildman–Crippen MR) is 94.4 cm³/mol. The fourth-order valence-electron chi connectivity index (χ4n) is 3.26. The molecule has 6 heteroatoms. The lowest BCUT2D eigenvalue weighted by atomic mass is 9.96. The van der Waals surface area contributed by atoms with Crippen molar-refractivity contribution in [2.24, 2.45) is 5.92 Å². The number of nitrogens with one attached hydrogen (secondary N) is 1. The maximum Gasteiger partial charge on any atom is 0.234 e. The molecule has 1 N–H and O–H groups in total. The van der Waals surface area contributed by atoms with E-state index in [2.05, 4.69) is 19.8 Å². The number of carbonyl (C=O) groups is 1. The molecule has 0 atom stereocenters. The molecule has 1 saturated heterocycles. The normalized spacial score (nSPS) is 16.1. The van der Waals surface area contributed by atoms with Crippen LogP contribution < -0.4 is 5.32 Å². The molecule has 1 aromatic carbocycles. The molecule has 5 nitrogen and oxygen atoms in total. The van der Waals surface area contributed by atoms with Gasteiger partial charge >= 0.3 is 0 Å². The number of likely N-dealkylation sites (tertiary alicyclic amines) is 1. The minimum Gasteiger partial charge on any atom is -0.351 e. The summed E-state index contributed by atoms with van der Waals surface area (Å²) < 4.78 is 15.1. The van der Waals surface area contributed by atoms with Crippen molar-refractivity contribution in [1.82, 2.24) is 19.8 Å². The van der Waals surface area contributed by atoms with E-state index in [0.29, 0.717) is 19.0 Å². The summed E-state index contributed by atoms with van der Waals surface area (Å²) in [5, 5.41) is 2.91. The number of halogens is 1. The summed E-state index contributed by atoms with van der Waals surface area (Å²) in [6.07, 6.45) is 6.08. The molecule has 1 aliphatic heterocycles.